The van der Waals surface area contributed by atoms with E-state index >= 15 is 0 Å². The Morgan fingerprint density at radius 2 is 1.72 bits per heavy atom. The SMILES string of the molecule is CC(C)C(N(N)C(=O)c1ccccc1)C(F)(F)F. The van der Waals surface area contributed by atoms with Crippen molar-refractivity contribution < 1.29 is 18.0 Å². The summed E-state index contributed by atoms with van der Waals surface area (Å²) in [6.45, 7) is 2.74. The molecule has 0 bridgehead atoms. The van der Waals surface area contributed by atoms with E-state index in [0.717, 1.165) is 0 Å². The van der Waals surface area contributed by atoms with Gasteiger partial charge < -0.3 is 0 Å². The Balaban J connectivity index is 2.98. The van der Waals surface area contributed by atoms with Gasteiger partial charge in [0.2, 0.25) is 0 Å². The first-order chi connectivity index (χ1) is 8.25. The van der Waals surface area contributed by atoms with Crippen molar-refractivity contribution in [2.45, 2.75) is 26.1 Å². The number of nitrogens with two attached hydrogens (primary N) is 1. The van der Waals surface area contributed by atoms with Crippen LogP contribution in [0.25, 0.3) is 0 Å². The molecule has 1 atom stereocenters. The van der Waals surface area contributed by atoms with Gasteiger partial charge in [-0.3, -0.25) is 9.80 Å². The van der Waals surface area contributed by atoms with Crippen LogP contribution in [0.5, 0.6) is 0 Å². The van der Waals surface area contributed by atoms with Gasteiger partial charge >= 0.3 is 6.18 Å². The van der Waals surface area contributed by atoms with Crippen LogP contribution in [0.2, 0.25) is 0 Å². The number of hydrogen-bond donors (Lipinski definition) is 1. The number of amides is 1. The number of nitrogens with zero attached hydrogens (tertiary/aromatic N) is 1. The van der Waals surface area contributed by atoms with Crippen LogP contribution in [0.15, 0.2) is 30.3 Å². The van der Waals surface area contributed by atoms with Crippen molar-refractivity contribution in [3.63, 3.8) is 0 Å². The average Bonchev–Trinajstić information content (AvgIpc) is 2.26. The normalized spacial score (nSPS) is 13.5. The number of rotatable bonds is 3. The van der Waals surface area contributed by atoms with E-state index in [1.54, 1.807) is 18.2 Å². The molecule has 6 heteroatoms. The number of carbonyl (C=O) groups excluding carboxylic acids is 1. The van der Waals surface area contributed by atoms with E-state index in [-0.39, 0.29) is 10.6 Å². The third kappa shape index (κ3) is 3.22. The summed E-state index contributed by atoms with van der Waals surface area (Å²) < 4.78 is 38.5. The van der Waals surface area contributed by atoms with Crippen molar-refractivity contribution >= 4 is 5.91 Å². The van der Waals surface area contributed by atoms with Crippen LogP contribution >= 0.6 is 0 Å². The monoisotopic (exact) mass is 260 g/mol. The number of carbonyl (C=O) groups is 1. The van der Waals surface area contributed by atoms with Crippen molar-refractivity contribution in [1.29, 1.82) is 0 Å². The molecule has 1 amide bonds. The Labute approximate surface area is 103 Å². The topological polar surface area (TPSA) is 46.3 Å². The second kappa shape index (κ2) is 5.39. The highest BCUT2D eigenvalue weighted by Crippen LogP contribution is 2.29. The Morgan fingerprint density at radius 1 is 1.22 bits per heavy atom. The molecule has 0 aliphatic rings. The van der Waals surface area contributed by atoms with Gasteiger partial charge in [-0.05, 0) is 18.1 Å². The summed E-state index contributed by atoms with van der Waals surface area (Å²) in [7, 11) is 0. The van der Waals surface area contributed by atoms with Crippen molar-refractivity contribution in [3.05, 3.63) is 35.9 Å². The van der Waals surface area contributed by atoms with E-state index in [0.29, 0.717) is 0 Å². The van der Waals surface area contributed by atoms with Gasteiger partial charge in [-0.1, -0.05) is 32.0 Å². The van der Waals surface area contributed by atoms with Crippen molar-refractivity contribution in [2.75, 3.05) is 0 Å². The van der Waals surface area contributed by atoms with Crippen molar-refractivity contribution in [1.82, 2.24) is 5.01 Å². The van der Waals surface area contributed by atoms with Gasteiger partial charge in [0, 0.05) is 5.56 Å². The molecule has 0 saturated heterocycles. The van der Waals surface area contributed by atoms with Gasteiger partial charge in [-0.2, -0.15) is 13.2 Å². The fraction of sp³-hybridized carbons (Fsp3) is 0.417. The molecule has 0 saturated carbocycles. The zero-order valence-corrected chi connectivity index (χ0v) is 10.1. The number of hydrazine groups is 1. The zero-order valence-electron chi connectivity index (χ0n) is 10.1. The lowest BCUT2D eigenvalue weighted by Gasteiger charge is -2.32. The summed E-state index contributed by atoms with van der Waals surface area (Å²) in [4.78, 5) is 11.8. The largest absolute Gasteiger partial charge is 0.410 e. The standard InChI is InChI=1S/C12H15F3N2O/c1-8(2)10(12(13,14)15)17(16)11(18)9-6-4-3-5-7-9/h3-8,10H,16H2,1-2H3. The predicted molar refractivity (Wildman–Crippen MR) is 61.5 cm³/mol. The summed E-state index contributed by atoms with van der Waals surface area (Å²) in [6, 6.07) is 5.66. The van der Waals surface area contributed by atoms with E-state index in [2.05, 4.69) is 0 Å². The van der Waals surface area contributed by atoms with Gasteiger partial charge in [0.1, 0.15) is 6.04 Å². The van der Waals surface area contributed by atoms with Gasteiger partial charge in [0.05, 0.1) is 0 Å². The lowest BCUT2D eigenvalue weighted by molar-refractivity contribution is -0.188. The molecule has 1 aromatic carbocycles. The Bertz CT molecular complexity index is 404. The minimum absolute atomic E-state index is 0.134. The maximum atomic E-state index is 12.8. The Morgan fingerprint density at radius 3 is 2.11 bits per heavy atom. The molecule has 100 valence electrons. The molecule has 0 aliphatic carbocycles. The van der Waals surface area contributed by atoms with Crippen LogP contribution < -0.4 is 5.84 Å². The maximum Gasteiger partial charge on any atom is 0.410 e. The molecule has 1 rings (SSSR count). The Hall–Kier alpha value is -1.56. The smallest absolute Gasteiger partial charge is 0.268 e. The first kappa shape index (κ1) is 14.5. The molecular weight excluding hydrogens is 245 g/mol. The van der Waals surface area contributed by atoms with Gasteiger partial charge in [-0.25, -0.2) is 5.84 Å². The molecule has 0 aromatic heterocycles. The first-order valence-corrected chi connectivity index (χ1v) is 5.45. The summed E-state index contributed by atoms with van der Waals surface area (Å²) in [5.74, 6) is 3.69. The molecule has 2 N–H and O–H groups in total. The van der Waals surface area contributed by atoms with Crippen LogP contribution in [0.3, 0.4) is 0 Å². The van der Waals surface area contributed by atoms with Crippen LogP contribution in [0, 0.1) is 5.92 Å². The first-order valence-electron chi connectivity index (χ1n) is 5.45. The zero-order chi connectivity index (χ0) is 13.9. The van der Waals surface area contributed by atoms with Crippen LogP contribution in [0.4, 0.5) is 13.2 Å². The van der Waals surface area contributed by atoms with E-state index < -0.39 is 24.0 Å². The highest BCUT2D eigenvalue weighted by Gasteiger charge is 2.46. The number of hydrogen-bond acceptors (Lipinski definition) is 2. The van der Waals surface area contributed by atoms with Crippen LogP contribution in [0.1, 0.15) is 24.2 Å². The fourth-order valence-corrected chi connectivity index (χ4v) is 1.71. The second-order valence-corrected chi connectivity index (χ2v) is 4.31. The van der Waals surface area contributed by atoms with Crippen molar-refractivity contribution in [2.24, 2.45) is 11.8 Å². The fourth-order valence-electron chi connectivity index (χ4n) is 1.71. The molecule has 0 radical (unpaired) electrons. The number of halogens is 3. The van der Waals surface area contributed by atoms with E-state index in [1.807, 2.05) is 0 Å². The molecule has 1 unspecified atom stereocenters. The minimum Gasteiger partial charge on any atom is -0.268 e. The molecule has 0 aliphatic heterocycles. The molecule has 0 heterocycles. The number of alkyl halides is 3. The molecule has 18 heavy (non-hydrogen) atoms. The molecule has 0 fully saturated rings. The molecule has 1 aromatic rings. The quantitative estimate of drug-likeness (QED) is 0.516. The molecule has 3 nitrogen and oxygen atoms in total. The minimum atomic E-state index is -4.55. The van der Waals surface area contributed by atoms with Gasteiger partial charge in [0.15, 0.2) is 0 Å². The molecular formula is C12H15F3N2O. The summed E-state index contributed by atoms with van der Waals surface area (Å²) in [6.07, 6.45) is -4.55. The summed E-state index contributed by atoms with van der Waals surface area (Å²) in [5, 5.41) is 0.264. The van der Waals surface area contributed by atoms with E-state index in [4.69, 9.17) is 5.84 Å². The van der Waals surface area contributed by atoms with Crippen LogP contribution in [-0.2, 0) is 0 Å². The second-order valence-electron chi connectivity index (χ2n) is 4.31. The summed E-state index contributed by atoms with van der Waals surface area (Å²) in [5.41, 5.74) is 0.134. The molecule has 0 spiro atoms. The van der Waals surface area contributed by atoms with Gasteiger partial charge in [0.25, 0.3) is 5.91 Å². The lowest BCUT2D eigenvalue weighted by atomic mass is 10.0. The van der Waals surface area contributed by atoms with Crippen molar-refractivity contribution in [3.8, 4) is 0 Å². The third-order valence-electron chi connectivity index (χ3n) is 2.52. The highest BCUT2D eigenvalue weighted by atomic mass is 19.4. The van der Waals surface area contributed by atoms with Crippen LogP contribution in [-0.4, -0.2) is 23.1 Å². The Kier molecular flexibility index (Phi) is 4.34. The summed E-state index contributed by atoms with van der Waals surface area (Å²) >= 11 is 0. The average molecular weight is 260 g/mol. The number of benzene rings is 1. The third-order valence-corrected chi connectivity index (χ3v) is 2.52. The highest BCUT2D eigenvalue weighted by molar-refractivity contribution is 5.94. The maximum absolute atomic E-state index is 12.8. The van der Waals surface area contributed by atoms with Gasteiger partial charge in [-0.15, -0.1) is 0 Å². The van der Waals surface area contributed by atoms with E-state index in [1.165, 1.54) is 26.0 Å². The predicted octanol–water partition coefficient (Wildman–Crippen LogP) is 2.59. The lowest BCUT2D eigenvalue weighted by Crippen LogP contribution is -2.55. The van der Waals surface area contributed by atoms with E-state index in [9.17, 15) is 18.0 Å².